The average molecular weight is 260 g/mol. The lowest BCUT2D eigenvalue weighted by atomic mass is 10.1. The molecule has 0 unspecified atom stereocenters. The number of hydrogen-bond donors (Lipinski definition) is 1. The maximum Gasteiger partial charge on any atom is 0.269 e. The third-order valence-electron chi connectivity index (χ3n) is 2.93. The highest BCUT2D eigenvalue weighted by molar-refractivity contribution is 5.32. The molecule has 0 spiro atoms. The summed E-state index contributed by atoms with van der Waals surface area (Å²) >= 11 is 0. The predicted molar refractivity (Wildman–Crippen MR) is 71.8 cm³/mol. The topological polar surface area (TPSA) is 73.0 Å². The second-order valence-electron chi connectivity index (χ2n) is 4.24. The summed E-state index contributed by atoms with van der Waals surface area (Å²) in [6, 6.07) is 6.68. The summed E-state index contributed by atoms with van der Waals surface area (Å²) in [4.78, 5) is 14.4. The Hall–Kier alpha value is -2.21. The number of nitrogens with one attached hydrogen (secondary N) is 1. The van der Waals surface area contributed by atoms with Gasteiger partial charge in [0.2, 0.25) is 0 Å². The molecule has 6 nitrogen and oxygen atoms in total. The van der Waals surface area contributed by atoms with E-state index in [1.54, 1.807) is 18.3 Å². The van der Waals surface area contributed by atoms with Crippen molar-refractivity contribution in [3.05, 3.63) is 58.2 Å². The van der Waals surface area contributed by atoms with Crippen molar-refractivity contribution >= 4 is 5.69 Å². The van der Waals surface area contributed by atoms with Crippen LogP contribution in [0.15, 0.2) is 36.7 Å². The molecule has 0 aliphatic rings. The molecule has 0 aliphatic heterocycles. The zero-order valence-electron chi connectivity index (χ0n) is 10.7. The van der Waals surface area contributed by atoms with Gasteiger partial charge in [0.05, 0.1) is 11.5 Å². The lowest BCUT2D eigenvalue weighted by molar-refractivity contribution is -0.384. The number of rotatable bonds is 6. The van der Waals surface area contributed by atoms with Crippen molar-refractivity contribution in [2.24, 2.45) is 0 Å². The van der Waals surface area contributed by atoms with Gasteiger partial charge in [-0.15, -0.1) is 0 Å². The number of benzene rings is 1. The van der Waals surface area contributed by atoms with Gasteiger partial charge in [-0.2, -0.15) is 0 Å². The van der Waals surface area contributed by atoms with Crippen LogP contribution in [0.2, 0.25) is 0 Å². The molecule has 2 rings (SSSR count). The predicted octanol–water partition coefficient (Wildman–Crippen LogP) is 1.75. The molecule has 6 heteroatoms. The maximum atomic E-state index is 10.6. The van der Waals surface area contributed by atoms with Gasteiger partial charge in [0, 0.05) is 31.1 Å². The molecule has 1 aromatic heterocycles. The molecule has 0 atom stereocenters. The molecule has 0 aliphatic carbocycles. The van der Waals surface area contributed by atoms with Crippen LogP contribution in [-0.4, -0.2) is 21.5 Å². The Bertz CT molecular complexity index is 548. The minimum Gasteiger partial charge on any atom is -0.334 e. The van der Waals surface area contributed by atoms with Gasteiger partial charge in [0.15, 0.2) is 0 Å². The Balaban J connectivity index is 1.98. The number of hydrogen-bond acceptors (Lipinski definition) is 4. The number of imidazole rings is 1. The van der Waals surface area contributed by atoms with Gasteiger partial charge >= 0.3 is 0 Å². The number of non-ortho nitro benzene ring substituents is 1. The first kappa shape index (κ1) is 13.2. The molecule has 2 aromatic rings. The van der Waals surface area contributed by atoms with Gasteiger partial charge in [-0.05, 0) is 19.0 Å². The fourth-order valence-corrected chi connectivity index (χ4v) is 1.90. The van der Waals surface area contributed by atoms with E-state index in [-0.39, 0.29) is 10.6 Å². The van der Waals surface area contributed by atoms with Crippen molar-refractivity contribution < 1.29 is 4.92 Å². The SMILES string of the molecule is CNCc1nccn1CCc1ccc([N+](=O)[O-])cc1. The second kappa shape index (κ2) is 6.10. The summed E-state index contributed by atoms with van der Waals surface area (Å²) in [5.41, 5.74) is 1.21. The fourth-order valence-electron chi connectivity index (χ4n) is 1.90. The Kier molecular flexibility index (Phi) is 4.25. The number of nitro benzene ring substituents is 1. The van der Waals surface area contributed by atoms with Crippen molar-refractivity contribution in [1.82, 2.24) is 14.9 Å². The van der Waals surface area contributed by atoms with E-state index < -0.39 is 0 Å². The van der Waals surface area contributed by atoms with E-state index in [1.807, 2.05) is 13.2 Å². The molecule has 0 bridgehead atoms. The summed E-state index contributed by atoms with van der Waals surface area (Å²) < 4.78 is 2.08. The molecule has 1 N–H and O–H groups in total. The lowest BCUT2D eigenvalue weighted by Gasteiger charge is -2.07. The number of nitro groups is 1. The summed E-state index contributed by atoms with van der Waals surface area (Å²) in [6.07, 6.45) is 4.55. The molecule has 1 heterocycles. The molecular formula is C13H16N4O2. The number of aryl methyl sites for hydroxylation is 2. The Morgan fingerprint density at radius 2 is 2.11 bits per heavy atom. The minimum atomic E-state index is -0.384. The second-order valence-corrected chi connectivity index (χ2v) is 4.24. The fraction of sp³-hybridized carbons (Fsp3) is 0.308. The lowest BCUT2D eigenvalue weighted by Crippen LogP contribution is -2.13. The zero-order valence-corrected chi connectivity index (χ0v) is 10.7. The Morgan fingerprint density at radius 3 is 2.74 bits per heavy atom. The monoisotopic (exact) mass is 260 g/mol. The molecule has 0 amide bonds. The molecule has 0 radical (unpaired) electrons. The molecule has 0 saturated carbocycles. The highest BCUT2D eigenvalue weighted by Gasteiger charge is 2.05. The van der Waals surface area contributed by atoms with Crippen LogP contribution in [0.1, 0.15) is 11.4 Å². The molecular weight excluding hydrogens is 244 g/mol. The van der Waals surface area contributed by atoms with E-state index in [2.05, 4.69) is 14.9 Å². The van der Waals surface area contributed by atoms with E-state index in [4.69, 9.17) is 0 Å². The summed E-state index contributed by atoms with van der Waals surface area (Å²) in [7, 11) is 1.88. The van der Waals surface area contributed by atoms with E-state index >= 15 is 0 Å². The van der Waals surface area contributed by atoms with Gasteiger partial charge < -0.3 is 9.88 Å². The Labute approximate surface area is 111 Å². The number of nitrogens with zero attached hydrogens (tertiary/aromatic N) is 3. The van der Waals surface area contributed by atoms with Crippen molar-refractivity contribution in [2.75, 3.05) is 7.05 Å². The quantitative estimate of drug-likeness (QED) is 0.634. The maximum absolute atomic E-state index is 10.6. The van der Waals surface area contributed by atoms with Crippen molar-refractivity contribution in [3.63, 3.8) is 0 Å². The van der Waals surface area contributed by atoms with E-state index in [1.165, 1.54) is 12.1 Å². The van der Waals surface area contributed by atoms with Crippen LogP contribution in [0.4, 0.5) is 5.69 Å². The summed E-state index contributed by atoms with van der Waals surface area (Å²) in [5, 5.41) is 13.6. The van der Waals surface area contributed by atoms with Gasteiger partial charge in [0.25, 0.3) is 5.69 Å². The van der Waals surface area contributed by atoms with Crippen molar-refractivity contribution in [1.29, 1.82) is 0 Å². The van der Waals surface area contributed by atoms with E-state index in [0.717, 1.165) is 30.9 Å². The van der Waals surface area contributed by atoms with Crippen molar-refractivity contribution in [2.45, 2.75) is 19.5 Å². The molecule has 100 valence electrons. The standard InChI is InChI=1S/C13H16N4O2/c1-14-10-13-15-7-9-16(13)8-6-11-2-4-12(5-3-11)17(18)19/h2-5,7,9,14H,6,8,10H2,1H3. The van der Waals surface area contributed by atoms with Crippen LogP contribution in [-0.2, 0) is 19.5 Å². The van der Waals surface area contributed by atoms with E-state index in [0.29, 0.717) is 0 Å². The number of aromatic nitrogens is 2. The van der Waals surface area contributed by atoms with Crippen LogP contribution in [0.25, 0.3) is 0 Å². The first-order valence-electron chi connectivity index (χ1n) is 6.08. The highest BCUT2D eigenvalue weighted by atomic mass is 16.6. The van der Waals surface area contributed by atoms with Crippen LogP contribution in [0.3, 0.4) is 0 Å². The van der Waals surface area contributed by atoms with Crippen LogP contribution in [0, 0.1) is 10.1 Å². The molecule has 19 heavy (non-hydrogen) atoms. The van der Waals surface area contributed by atoms with Crippen molar-refractivity contribution in [3.8, 4) is 0 Å². The van der Waals surface area contributed by atoms with Gasteiger partial charge in [0.1, 0.15) is 5.82 Å². The Morgan fingerprint density at radius 1 is 1.37 bits per heavy atom. The van der Waals surface area contributed by atoms with Crippen LogP contribution >= 0.6 is 0 Å². The molecule has 1 aromatic carbocycles. The first-order chi connectivity index (χ1) is 9.20. The normalized spacial score (nSPS) is 10.6. The largest absolute Gasteiger partial charge is 0.334 e. The minimum absolute atomic E-state index is 0.127. The third-order valence-corrected chi connectivity index (χ3v) is 2.93. The third kappa shape index (κ3) is 3.38. The molecule has 0 saturated heterocycles. The highest BCUT2D eigenvalue weighted by Crippen LogP contribution is 2.13. The van der Waals surface area contributed by atoms with Crippen LogP contribution in [0.5, 0.6) is 0 Å². The van der Waals surface area contributed by atoms with E-state index in [9.17, 15) is 10.1 Å². The zero-order chi connectivity index (χ0) is 13.7. The van der Waals surface area contributed by atoms with Gasteiger partial charge in [-0.3, -0.25) is 10.1 Å². The molecule has 0 fully saturated rings. The smallest absolute Gasteiger partial charge is 0.269 e. The van der Waals surface area contributed by atoms with Gasteiger partial charge in [-0.25, -0.2) is 4.98 Å². The average Bonchev–Trinajstić information content (AvgIpc) is 2.85. The van der Waals surface area contributed by atoms with Gasteiger partial charge in [-0.1, -0.05) is 12.1 Å². The summed E-state index contributed by atoms with van der Waals surface area (Å²) in [6.45, 7) is 1.54. The van der Waals surface area contributed by atoms with Crippen LogP contribution < -0.4 is 5.32 Å². The first-order valence-corrected chi connectivity index (χ1v) is 6.08. The summed E-state index contributed by atoms with van der Waals surface area (Å²) in [5.74, 6) is 0.990.